The average molecular weight is 224 g/mol. The van der Waals surface area contributed by atoms with E-state index in [-0.39, 0.29) is 0 Å². The van der Waals surface area contributed by atoms with Gasteiger partial charge in [0.05, 0.1) is 18.0 Å². The zero-order valence-electron chi connectivity index (χ0n) is 9.54. The number of benzene rings is 1. The van der Waals surface area contributed by atoms with Crippen LogP contribution in [0.1, 0.15) is 12.5 Å². The molecule has 0 aliphatic carbocycles. The van der Waals surface area contributed by atoms with Crippen molar-refractivity contribution in [1.29, 1.82) is 0 Å². The van der Waals surface area contributed by atoms with E-state index in [1.54, 1.807) is 0 Å². The fraction of sp³-hybridized carbons (Fsp3) is 0.154. The van der Waals surface area contributed by atoms with Gasteiger partial charge in [0.2, 0.25) is 0 Å². The predicted molar refractivity (Wildman–Crippen MR) is 69.4 cm³/mol. The van der Waals surface area contributed by atoms with Crippen molar-refractivity contribution in [3.8, 4) is 0 Å². The molecule has 1 aromatic carbocycles. The molecule has 17 heavy (non-hydrogen) atoms. The molecule has 0 atom stereocenters. The lowest BCUT2D eigenvalue weighted by atomic mass is 10.1. The first-order chi connectivity index (χ1) is 8.33. The SMILES string of the molecule is CC1=NN2CC(c3ccccc3)=NN=C2C=C1. The van der Waals surface area contributed by atoms with Gasteiger partial charge in [-0.3, -0.25) is 0 Å². The molecule has 1 aromatic rings. The van der Waals surface area contributed by atoms with Gasteiger partial charge in [-0.1, -0.05) is 30.3 Å². The van der Waals surface area contributed by atoms with Crippen molar-refractivity contribution in [3.63, 3.8) is 0 Å². The Balaban J connectivity index is 1.94. The molecule has 0 aromatic heterocycles. The maximum atomic E-state index is 4.43. The van der Waals surface area contributed by atoms with Gasteiger partial charge in [-0.25, -0.2) is 5.01 Å². The second kappa shape index (κ2) is 3.97. The molecule has 0 N–H and O–H groups in total. The molecule has 0 bridgehead atoms. The molecular formula is C13H12N4. The van der Waals surface area contributed by atoms with E-state index in [1.807, 2.05) is 54.4 Å². The number of fused-ring (bicyclic) bond motifs is 1. The number of allylic oxidation sites excluding steroid dienone is 1. The largest absolute Gasteiger partial charge is 0.240 e. The van der Waals surface area contributed by atoms with Crippen LogP contribution in [-0.4, -0.2) is 28.8 Å². The average Bonchev–Trinajstić information content (AvgIpc) is 2.39. The van der Waals surface area contributed by atoms with Crippen molar-refractivity contribution in [2.24, 2.45) is 15.3 Å². The highest BCUT2D eigenvalue weighted by Crippen LogP contribution is 2.12. The summed E-state index contributed by atoms with van der Waals surface area (Å²) < 4.78 is 0. The zero-order valence-corrected chi connectivity index (χ0v) is 9.54. The summed E-state index contributed by atoms with van der Waals surface area (Å²) in [5.41, 5.74) is 3.03. The van der Waals surface area contributed by atoms with E-state index in [2.05, 4.69) is 15.3 Å². The normalized spacial score (nSPS) is 18.2. The molecule has 0 saturated heterocycles. The molecule has 84 valence electrons. The van der Waals surface area contributed by atoms with Gasteiger partial charge in [-0.15, -0.1) is 5.10 Å². The summed E-state index contributed by atoms with van der Waals surface area (Å²) in [5, 5.41) is 14.7. The molecule has 0 saturated carbocycles. The summed E-state index contributed by atoms with van der Waals surface area (Å²) in [6.45, 7) is 2.64. The van der Waals surface area contributed by atoms with Crippen molar-refractivity contribution in [2.75, 3.05) is 6.54 Å². The van der Waals surface area contributed by atoms with Gasteiger partial charge in [-0.05, 0) is 24.6 Å². The molecule has 4 nitrogen and oxygen atoms in total. The van der Waals surface area contributed by atoms with E-state index < -0.39 is 0 Å². The van der Waals surface area contributed by atoms with Crippen LogP contribution in [0.15, 0.2) is 57.8 Å². The first kappa shape index (κ1) is 9.96. The maximum Gasteiger partial charge on any atom is 0.171 e. The Morgan fingerprint density at radius 3 is 2.71 bits per heavy atom. The van der Waals surface area contributed by atoms with E-state index in [4.69, 9.17) is 0 Å². The summed E-state index contributed by atoms with van der Waals surface area (Å²) in [5.74, 6) is 0.801. The molecule has 0 spiro atoms. The molecule has 0 unspecified atom stereocenters. The van der Waals surface area contributed by atoms with E-state index in [0.29, 0.717) is 6.54 Å². The monoisotopic (exact) mass is 224 g/mol. The zero-order chi connectivity index (χ0) is 11.7. The van der Waals surface area contributed by atoms with Crippen molar-refractivity contribution in [2.45, 2.75) is 6.92 Å². The quantitative estimate of drug-likeness (QED) is 0.719. The molecular weight excluding hydrogens is 212 g/mol. The molecule has 3 rings (SSSR count). The molecule has 0 amide bonds. The van der Waals surface area contributed by atoms with Crippen molar-refractivity contribution in [1.82, 2.24) is 5.01 Å². The topological polar surface area (TPSA) is 40.3 Å². The Hall–Kier alpha value is -2.23. The lowest BCUT2D eigenvalue weighted by Crippen LogP contribution is -2.35. The second-order valence-electron chi connectivity index (χ2n) is 4.00. The third kappa shape index (κ3) is 1.89. The smallest absolute Gasteiger partial charge is 0.171 e. The second-order valence-corrected chi connectivity index (χ2v) is 4.00. The van der Waals surface area contributed by atoms with Gasteiger partial charge in [0.25, 0.3) is 0 Å². The Labute approximate surface area is 99.7 Å². The van der Waals surface area contributed by atoms with Crippen LogP contribution in [0, 0.1) is 0 Å². The van der Waals surface area contributed by atoms with Crippen LogP contribution in [0.5, 0.6) is 0 Å². The number of amidine groups is 1. The molecule has 2 aliphatic rings. The minimum absolute atomic E-state index is 0.671. The highest BCUT2D eigenvalue weighted by Gasteiger charge is 2.19. The lowest BCUT2D eigenvalue weighted by molar-refractivity contribution is 0.498. The summed E-state index contributed by atoms with van der Waals surface area (Å²) >= 11 is 0. The van der Waals surface area contributed by atoms with Gasteiger partial charge in [0.1, 0.15) is 0 Å². The molecule has 2 aliphatic heterocycles. The van der Waals surface area contributed by atoms with Crippen molar-refractivity contribution in [3.05, 3.63) is 48.0 Å². The van der Waals surface area contributed by atoms with Crippen LogP contribution in [0.3, 0.4) is 0 Å². The third-order valence-electron chi connectivity index (χ3n) is 2.70. The molecule has 2 heterocycles. The van der Waals surface area contributed by atoms with Gasteiger partial charge in [0, 0.05) is 0 Å². The maximum absolute atomic E-state index is 4.43. The Bertz CT molecular complexity index is 552. The van der Waals surface area contributed by atoms with Crippen molar-refractivity contribution >= 4 is 17.3 Å². The third-order valence-corrected chi connectivity index (χ3v) is 2.70. The minimum atomic E-state index is 0.671. The highest BCUT2D eigenvalue weighted by molar-refractivity contribution is 6.10. The van der Waals surface area contributed by atoms with Crippen LogP contribution < -0.4 is 0 Å². The number of nitrogens with zero attached hydrogens (tertiary/aromatic N) is 4. The van der Waals surface area contributed by atoms with E-state index >= 15 is 0 Å². The summed E-state index contributed by atoms with van der Waals surface area (Å²) in [6.07, 6.45) is 3.88. The van der Waals surface area contributed by atoms with Crippen LogP contribution in [0.4, 0.5) is 0 Å². The molecule has 0 fully saturated rings. The predicted octanol–water partition coefficient (Wildman–Crippen LogP) is 2.05. The standard InChI is InChI=1S/C13H12N4/c1-10-7-8-13-15-14-12(9-17(13)16-10)11-5-3-2-4-6-11/h2-8H,9H2,1H3. The molecule has 0 radical (unpaired) electrons. The first-order valence-electron chi connectivity index (χ1n) is 5.54. The van der Waals surface area contributed by atoms with E-state index in [9.17, 15) is 0 Å². The number of hydrogen-bond acceptors (Lipinski definition) is 4. The fourth-order valence-electron chi connectivity index (χ4n) is 1.82. The lowest BCUT2D eigenvalue weighted by Gasteiger charge is -2.25. The number of hydrogen-bond donors (Lipinski definition) is 0. The summed E-state index contributed by atoms with van der Waals surface area (Å²) in [6, 6.07) is 10.1. The number of rotatable bonds is 1. The van der Waals surface area contributed by atoms with Crippen molar-refractivity contribution < 1.29 is 0 Å². The van der Waals surface area contributed by atoms with Crippen LogP contribution in [0.25, 0.3) is 0 Å². The van der Waals surface area contributed by atoms with Crippen LogP contribution in [-0.2, 0) is 0 Å². The minimum Gasteiger partial charge on any atom is -0.240 e. The van der Waals surface area contributed by atoms with Gasteiger partial charge >= 0.3 is 0 Å². The van der Waals surface area contributed by atoms with Crippen LogP contribution in [0.2, 0.25) is 0 Å². The van der Waals surface area contributed by atoms with Gasteiger partial charge < -0.3 is 0 Å². The van der Waals surface area contributed by atoms with Crippen LogP contribution >= 0.6 is 0 Å². The Morgan fingerprint density at radius 2 is 1.88 bits per heavy atom. The number of hydrazone groups is 1. The first-order valence-corrected chi connectivity index (χ1v) is 5.54. The van der Waals surface area contributed by atoms with E-state index in [0.717, 1.165) is 22.8 Å². The summed E-state index contributed by atoms with van der Waals surface area (Å²) in [4.78, 5) is 0. The van der Waals surface area contributed by atoms with Gasteiger partial charge in [-0.2, -0.15) is 10.2 Å². The highest BCUT2D eigenvalue weighted by atomic mass is 15.5. The van der Waals surface area contributed by atoms with Gasteiger partial charge in [0.15, 0.2) is 5.84 Å². The fourth-order valence-corrected chi connectivity index (χ4v) is 1.82. The Morgan fingerprint density at radius 1 is 1.06 bits per heavy atom. The molecule has 4 heteroatoms. The van der Waals surface area contributed by atoms with E-state index in [1.165, 1.54) is 0 Å². The Kier molecular flexibility index (Phi) is 2.33. The summed E-state index contributed by atoms with van der Waals surface area (Å²) in [7, 11) is 0.